The maximum atomic E-state index is 13.6. The first-order chi connectivity index (χ1) is 7.97. The van der Waals surface area contributed by atoms with Gasteiger partial charge in [0.1, 0.15) is 5.82 Å². The van der Waals surface area contributed by atoms with Crippen molar-refractivity contribution in [3.63, 3.8) is 0 Å². The Morgan fingerprint density at radius 3 is 2.12 bits per heavy atom. The molecule has 1 unspecified atom stereocenters. The maximum Gasteiger partial charge on any atom is 0.129 e. The van der Waals surface area contributed by atoms with E-state index in [2.05, 4.69) is 26.1 Å². The number of halogens is 1. The standard InChI is InChI=1S/C15H24FN/c1-6-7-17-15(10(2)3)13-8-11(4)14(16)12(5)9-13/h8-10,15,17H,6-7H2,1-5H3. The number of hydrogen-bond donors (Lipinski definition) is 1. The highest BCUT2D eigenvalue weighted by molar-refractivity contribution is 5.32. The van der Waals surface area contributed by atoms with E-state index in [-0.39, 0.29) is 5.82 Å². The van der Waals surface area contributed by atoms with Crippen LogP contribution in [-0.4, -0.2) is 6.54 Å². The van der Waals surface area contributed by atoms with Crippen molar-refractivity contribution in [2.45, 2.75) is 47.1 Å². The Morgan fingerprint density at radius 1 is 1.18 bits per heavy atom. The zero-order chi connectivity index (χ0) is 13.0. The molecule has 0 aliphatic rings. The van der Waals surface area contributed by atoms with Crippen LogP contribution in [0.5, 0.6) is 0 Å². The van der Waals surface area contributed by atoms with Gasteiger partial charge in [0.15, 0.2) is 0 Å². The predicted molar refractivity (Wildman–Crippen MR) is 71.7 cm³/mol. The van der Waals surface area contributed by atoms with E-state index in [4.69, 9.17) is 0 Å². The molecule has 0 spiro atoms. The van der Waals surface area contributed by atoms with Crippen LogP contribution in [0.3, 0.4) is 0 Å². The van der Waals surface area contributed by atoms with Gasteiger partial charge in [-0.15, -0.1) is 0 Å². The predicted octanol–water partition coefficient (Wildman–Crippen LogP) is 4.14. The van der Waals surface area contributed by atoms with E-state index in [1.54, 1.807) is 0 Å². The van der Waals surface area contributed by atoms with Crippen molar-refractivity contribution in [3.8, 4) is 0 Å². The molecule has 96 valence electrons. The first-order valence-corrected chi connectivity index (χ1v) is 6.47. The zero-order valence-corrected chi connectivity index (χ0v) is 11.6. The molecule has 1 rings (SSSR count). The van der Waals surface area contributed by atoms with Gasteiger partial charge in [-0.05, 0) is 49.4 Å². The Labute approximate surface area is 104 Å². The quantitative estimate of drug-likeness (QED) is 0.811. The van der Waals surface area contributed by atoms with Crippen LogP contribution in [0.25, 0.3) is 0 Å². The highest BCUT2D eigenvalue weighted by Gasteiger charge is 2.16. The number of rotatable bonds is 5. The molecular formula is C15H24FN. The SMILES string of the molecule is CCCNC(c1cc(C)c(F)c(C)c1)C(C)C. The Kier molecular flexibility index (Phi) is 5.13. The van der Waals surface area contributed by atoms with E-state index in [9.17, 15) is 4.39 Å². The minimum Gasteiger partial charge on any atom is -0.310 e. The third kappa shape index (κ3) is 3.53. The third-order valence-corrected chi connectivity index (χ3v) is 3.10. The van der Waals surface area contributed by atoms with Crippen molar-refractivity contribution in [3.05, 3.63) is 34.6 Å². The van der Waals surface area contributed by atoms with Crippen molar-refractivity contribution >= 4 is 0 Å². The van der Waals surface area contributed by atoms with Gasteiger partial charge in [0.05, 0.1) is 0 Å². The van der Waals surface area contributed by atoms with Crippen LogP contribution in [0.1, 0.15) is 49.9 Å². The summed E-state index contributed by atoms with van der Waals surface area (Å²) in [5.41, 5.74) is 2.68. The molecule has 0 saturated heterocycles. The summed E-state index contributed by atoms with van der Waals surface area (Å²) in [4.78, 5) is 0. The average Bonchev–Trinajstić information content (AvgIpc) is 2.25. The molecule has 0 aliphatic heterocycles. The third-order valence-electron chi connectivity index (χ3n) is 3.10. The fourth-order valence-electron chi connectivity index (χ4n) is 2.20. The molecule has 0 heterocycles. The Bertz CT molecular complexity index is 348. The largest absolute Gasteiger partial charge is 0.310 e. The van der Waals surface area contributed by atoms with Crippen LogP contribution in [0.2, 0.25) is 0 Å². The van der Waals surface area contributed by atoms with Gasteiger partial charge in [0, 0.05) is 6.04 Å². The van der Waals surface area contributed by atoms with E-state index in [1.807, 2.05) is 26.0 Å². The molecule has 2 heteroatoms. The van der Waals surface area contributed by atoms with Gasteiger partial charge in [-0.25, -0.2) is 4.39 Å². The second-order valence-corrected chi connectivity index (χ2v) is 5.14. The summed E-state index contributed by atoms with van der Waals surface area (Å²) in [6, 6.07) is 4.25. The maximum absolute atomic E-state index is 13.6. The van der Waals surface area contributed by atoms with Crippen molar-refractivity contribution in [1.29, 1.82) is 0 Å². The molecule has 0 saturated carbocycles. The second kappa shape index (κ2) is 6.15. The molecule has 1 aromatic carbocycles. The van der Waals surface area contributed by atoms with Crippen LogP contribution in [0, 0.1) is 25.6 Å². The lowest BCUT2D eigenvalue weighted by molar-refractivity contribution is 0.411. The van der Waals surface area contributed by atoms with E-state index < -0.39 is 0 Å². The monoisotopic (exact) mass is 237 g/mol. The molecule has 0 aliphatic carbocycles. The van der Waals surface area contributed by atoms with Crippen molar-refractivity contribution in [1.82, 2.24) is 5.32 Å². The summed E-state index contributed by atoms with van der Waals surface area (Å²) in [6.07, 6.45) is 1.11. The minimum absolute atomic E-state index is 0.0771. The Morgan fingerprint density at radius 2 is 1.71 bits per heavy atom. The topological polar surface area (TPSA) is 12.0 Å². The summed E-state index contributed by atoms with van der Waals surface area (Å²) in [7, 11) is 0. The van der Waals surface area contributed by atoms with Crippen LogP contribution in [0.15, 0.2) is 12.1 Å². The molecule has 1 N–H and O–H groups in total. The van der Waals surface area contributed by atoms with E-state index in [0.29, 0.717) is 12.0 Å². The molecule has 1 nitrogen and oxygen atoms in total. The van der Waals surface area contributed by atoms with Crippen LogP contribution in [0.4, 0.5) is 4.39 Å². The molecule has 0 radical (unpaired) electrons. The fraction of sp³-hybridized carbons (Fsp3) is 0.600. The average molecular weight is 237 g/mol. The molecule has 0 aromatic heterocycles. The lowest BCUT2D eigenvalue weighted by Crippen LogP contribution is -2.26. The van der Waals surface area contributed by atoms with Gasteiger partial charge in [0.25, 0.3) is 0 Å². The zero-order valence-electron chi connectivity index (χ0n) is 11.6. The molecule has 1 aromatic rings. The van der Waals surface area contributed by atoms with Gasteiger partial charge in [0.2, 0.25) is 0 Å². The Hall–Kier alpha value is -0.890. The number of nitrogens with one attached hydrogen (secondary N) is 1. The van der Waals surface area contributed by atoms with Crippen molar-refractivity contribution in [2.75, 3.05) is 6.54 Å². The molecule has 17 heavy (non-hydrogen) atoms. The molecular weight excluding hydrogens is 213 g/mol. The second-order valence-electron chi connectivity index (χ2n) is 5.14. The molecule has 1 atom stereocenters. The van der Waals surface area contributed by atoms with E-state index in [1.165, 1.54) is 5.56 Å². The normalized spacial score (nSPS) is 13.1. The smallest absolute Gasteiger partial charge is 0.129 e. The van der Waals surface area contributed by atoms with Gasteiger partial charge in [-0.1, -0.05) is 32.9 Å². The highest BCUT2D eigenvalue weighted by Crippen LogP contribution is 2.25. The summed E-state index contributed by atoms with van der Waals surface area (Å²) >= 11 is 0. The highest BCUT2D eigenvalue weighted by atomic mass is 19.1. The van der Waals surface area contributed by atoms with E-state index >= 15 is 0 Å². The summed E-state index contributed by atoms with van der Waals surface area (Å²) < 4.78 is 13.6. The van der Waals surface area contributed by atoms with Gasteiger partial charge in [-0.2, -0.15) is 0 Å². The number of hydrogen-bond acceptors (Lipinski definition) is 1. The molecule has 0 fully saturated rings. The van der Waals surface area contributed by atoms with Gasteiger partial charge < -0.3 is 5.32 Å². The van der Waals surface area contributed by atoms with Crippen LogP contribution < -0.4 is 5.32 Å². The molecule has 0 bridgehead atoms. The fourth-order valence-corrected chi connectivity index (χ4v) is 2.20. The number of benzene rings is 1. The minimum atomic E-state index is -0.0771. The lowest BCUT2D eigenvalue weighted by atomic mass is 9.93. The summed E-state index contributed by atoms with van der Waals surface area (Å²) in [5.74, 6) is 0.428. The van der Waals surface area contributed by atoms with E-state index in [0.717, 1.165) is 24.1 Å². The van der Waals surface area contributed by atoms with Crippen molar-refractivity contribution in [2.24, 2.45) is 5.92 Å². The molecule has 0 amide bonds. The van der Waals surface area contributed by atoms with Crippen molar-refractivity contribution < 1.29 is 4.39 Å². The Balaban J connectivity index is 3.02. The van der Waals surface area contributed by atoms with Crippen LogP contribution in [-0.2, 0) is 0 Å². The first-order valence-electron chi connectivity index (χ1n) is 6.47. The number of aryl methyl sites for hydroxylation is 2. The van der Waals surface area contributed by atoms with Crippen LogP contribution >= 0.6 is 0 Å². The summed E-state index contributed by atoms with van der Waals surface area (Å²) in [5, 5.41) is 3.54. The lowest BCUT2D eigenvalue weighted by Gasteiger charge is -2.24. The first kappa shape index (κ1) is 14.2. The summed E-state index contributed by atoms with van der Waals surface area (Å²) in [6.45, 7) is 11.2. The van der Waals surface area contributed by atoms with Gasteiger partial charge >= 0.3 is 0 Å². The van der Waals surface area contributed by atoms with Gasteiger partial charge in [-0.3, -0.25) is 0 Å².